The molecule has 3 N–H and O–H groups in total. The van der Waals surface area contributed by atoms with Crippen LogP contribution in [-0.4, -0.2) is 18.0 Å². The van der Waals surface area contributed by atoms with Gasteiger partial charge in [0, 0.05) is 6.04 Å². The monoisotopic (exact) mass is 198 g/mol. The summed E-state index contributed by atoms with van der Waals surface area (Å²) in [5.74, 6) is 0.751. The quantitative estimate of drug-likeness (QED) is 0.702. The van der Waals surface area contributed by atoms with Crippen LogP contribution in [0, 0.1) is 11.3 Å². The average Bonchev–Trinajstić information content (AvgIpc) is 1.98. The first-order chi connectivity index (χ1) is 6.30. The van der Waals surface area contributed by atoms with Crippen molar-refractivity contribution in [3.63, 3.8) is 0 Å². The van der Waals surface area contributed by atoms with E-state index < -0.39 is 6.04 Å². The Labute approximate surface area is 86.4 Å². The highest BCUT2D eigenvalue weighted by atomic mass is 16.2. The van der Waals surface area contributed by atoms with Gasteiger partial charge in [-0.05, 0) is 24.2 Å². The molecule has 1 fully saturated rings. The Kier molecular flexibility index (Phi) is 3.20. The van der Waals surface area contributed by atoms with E-state index >= 15 is 0 Å². The van der Waals surface area contributed by atoms with E-state index in [1.54, 1.807) is 0 Å². The third-order valence-electron chi connectivity index (χ3n) is 2.94. The van der Waals surface area contributed by atoms with Gasteiger partial charge < -0.3 is 11.1 Å². The molecule has 0 heterocycles. The van der Waals surface area contributed by atoms with Gasteiger partial charge in [-0.1, -0.05) is 27.7 Å². The predicted octanol–water partition coefficient (Wildman–Crippen LogP) is 1.27. The van der Waals surface area contributed by atoms with Crippen molar-refractivity contribution < 1.29 is 4.79 Å². The van der Waals surface area contributed by atoms with Crippen LogP contribution in [0.3, 0.4) is 0 Å². The zero-order valence-electron chi connectivity index (χ0n) is 9.63. The van der Waals surface area contributed by atoms with Crippen molar-refractivity contribution in [2.24, 2.45) is 17.1 Å². The summed E-state index contributed by atoms with van der Waals surface area (Å²) in [4.78, 5) is 11.7. The molecule has 82 valence electrons. The molecule has 1 aliphatic rings. The molecule has 1 saturated carbocycles. The molecule has 1 rings (SSSR count). The molecule has 0 aliphatic heterocycles. The first-order valence-electron chi connectivity index (χ1n) is 5.36. The topological polar surface area (TPSA) is 55.1 Å². The van der Waals surface area contributed by atoms with E-state index in [2.05, 4.69) is 12.2 Å². The number of nitrogens with two attached hydrogens (primary N) is 1. The SMILES string of the molecule is CC1CC(NC(=O)C(N)C(C)(C)C)C1. The van der Waals surface area contributed by atoms with E-state index in [-0.39, 0.29) is 11.3 Å². The van der Waals surface area contributed by atoms with Gasteiger partial charge in [-0.3, -0.25) is 4.79 Å². The van der Waals surface area contributed by atoms with E-state index in [1.807, 2.05) is 20.8 Å². The normalized spacial score (nSPS) is 29.2. The minimum absolute atomic E-state index is 0.00519. The highest BCUT2D eigenvalue weighted by Crippen LogP contribution is 2.27. The van der Waals surface area contributed by atoms with Gasteiger partial charge in [0.25, 0.3) is 0 Å². The summed E-state index contributed by atoms with van der Waals surface area (Å²) in [5.41, 5.74) is 5.69. The summed E-state index contributed by atoms with van der Waals surface area (Å²) in [5, 5.41) is 2.99. The highest BCUT2D eigenvalue weighted by Gasteiger charge is 2.32. The first-order valence-corrected chi connectivity index (χ1v) is 5.36. The van der Waals surface area contributed by atoms with Crippen LogP contribution in [0.1, 0.15) is 40.5 Å². The van der Waals surface area contributed by atoms with E-state index in [0.717, 1.165) is 18.8 Å². The number of carbonyl (C=O) groups is 1. The lowest BCUT2D eigenvalue weighted by Gasteiger charge is -2.35. The molecule has 0 saturated heterocycles. The minimum atomic E-state index is -0.404. The number of nitrogens with one attached hydrogen (secondary N) is 1. The molecule has 1 atom stereocenters. The second-order valence-electron chi connectivity index (χ2n) is 5.63. The van der Waals surface area contributed by atoms with E-state index in [0.29, 0.717) is 6.04 Å². The molecule has 14 heavy (non-hydrogen) atoms. The molecule has 0 radical (unpaired) electrons. The Bertz CT molecular complexity index is 214. The maximum Gasteiger partial charge on any atom is 0.237 e. The van der Waals surface area contributed by atoms with Crippen LogP contribution >= 0.6 is 0 Å². The van der Waals surface area contributed by atoms with Gasteiger partial charge in [0.05, 0.1) is 6.04 Å². The molecular weight excluding hydrogens is 176 g/mol. The van der Waals surface area contributed by atoms with Crippen molar-refractivity contribution in [3.8, 4) is 0 Å². The third kappa shape index (κ3) is 2.71. The second kappa shape index (κ2) is 3.89. The van der Waals surface area contributed by atoms with Gasteiger partial charge in [0.1, 0.15) is 0 Å². The van der Waals surface area contributed by atoms with Crippen molar-refractivity contribution in [2.45, 2.75) is 52.6 Å². The Hall–Kier alpha value is -0.570. The van der Waals surface area contributed by atoms with Crippen LogP contribution in [-0.2, 0) is 4.79 Å². The van der Waals surface area contributed by atoms with E-state index in [9.17, 15) is 4.79 Å². The smallest absolute Gasteiger partial charge is 0.237 e. The summed E-state index contributed by atoms with van der Waals surface area (Å²) in [6, 6.07) is -0.0377. The van der Waals surface area contributed by atoms with Gasteiger partial charge in [-0.25, -0.2) is 0 Å². The maximum absolute atomic E-state index is 11.7. The first kappa shape index (κ1) is 11.5. The van der Waals surface area contributed by atoms with Gasteiger partial charge >= 0.3 is 0 Å². The standard InChI is InChI=1S/C11H22N2O/c1-7-5-8(6-7)13-10(14)9(12)11(2,3)4/h7-9H,5-6,12H2,1-4H3,(H,13,14). The minimum Gasteiger partial charge on any atom is -0.352 e. The molecule has 3 heteroatoms. The fourth-order valence-electron chi connectivity index (χ4n) is 1.70. The van der Waals surface area contributed by atoms with Crippen molar-refractivity contribution in [1.29, 1.82) is 0 Å². The lowest BCUT2D eigenvalue weighted by molar-refractivity contribution is -0.126. The number of carbonyl (C=O) groups excluding carboxylic acids is 1. The summed E-state index contributed by atoms with van der Waals surface area (Å²) in [6.45, 7) is 8.16. The van der Waals surface area contributed by atoms with Gasteiger partial charge in [0.2, 0.25) is 5.91 Å². The molecule has 1 amide bonds. The maximum atomic E-state index is 11.7. The van der Waals surface area contributed by atoms with Crippen LogP contribution in [0.15, 0.2) is 0 Å². The van der Waals surface area contributed by atoms with Crippen molar-refractivity contribution in [3.05, 3.63) is 0 Å². The molecule has 0 aromatic carbocycles. The highest BCUT2D eigenvalue weighted by molar-refractivity contribution is 5.82. The Morgan fingerprint density at radius 2 is 1.93 bits per heavy atom. The van der Waals surface area contributed by atoms with Crippen LogP contribution in [0.25, 0.3) is 0 Å². The van der Waals surface area contributed by atoms with Crippen molar-refractivity contribution >= 4 is 5.91 Å². The lowest BCUT2D eigenvalue weighted by Crippen LogP contribution is -2.53. The van der Waals surface area contributed by atoms with Crippen LogP contribution < -0.4 is 11.1 Å². The van der Waals surface area contributed by atoms with Gasteiger partial charge in [-0.15, -0.1) is 0 Å². The summed E-state index contributed by atoms with van der Waals surface area (Å²) in [6.07, 6.45) is 2.20. The third-order valence-corrected chi connectivity index (χ3v) is 2.94. The van der Waals surface area contributed by atoms with Crippen LogP contribution in [0.4, 0.5) is 0 Å². The van der Waals surface area contributed by atoms with E-state index in [4.69, 9.17) is 5.73 Å². The van der Waals surface area contributed by atoms with Gasteiger partial charge in [0.15, 0.2) is 0 Å². The lowest BCUT2D eigenvalue weighted by atomic mass is 9.81. The van der Waals surface area contributed by atoms with Crippen molar-refractivity contribution in [1.82, 2.24) is 5.32 Å². The molecule has 0 bridgehead atoms. The predicted molar refractivity (Wildman–Crippen MR) is 57.8 cm³/mol. The Morgan fingerprint density at radius 3 is 2.29 bits per heavy atom. The zero-order valence-corrected chi connectivity index (χ0v) is 9.63. The van der Waals surface area contributed by atoms with Crippen LogP contribution in [0.5, 0.6) is 0 Å². The summed E-state index contributed by atoms with van der Waals surface area (Å²) in [7, 11) is 0. The molecule has 1 aliphatic carbocycles. The number of amides is 1. The Balaban J connectivity index is 2.35. The number of hydrogen-bond donors (Lipinski definition) is 2. The number of rotatable bonds is 2. The fraction of sp³-hybridized carbons (Fsp3) is 0.909. The fourth-order valence-corrected chi connectivity index (χ4v) is 1.70. The molecule has 3 nitrogen and oxygen atoms in total. The second-order valence-corrected chi connectivity index (χ2v) is 5.63. The van der Waals surface area contributed by atoms with Crippen LogP contribution in [0.2, 0.25) is 0 Å². The number of hydrogen-bond acceptors (Lipinski definition) is 2. The largest absolute Gasteiger partial charge is 0.352 e. The molecular formula is C11H22N2O. The van der Waals surface area contributed by atoms with Crippen molar-refractivity contribution in [2.75, 3.05) is 0 Å². The van der Waals surface area contributed by atoms with Gasteiger partial charge in [-0.2, -0.15) is 0 Å². The summed E-state index contributed by atoms with van der Waals surface area (Å²) < 4.78 is 0. The summed E-state index contributed by atoms with van der Waals surface area (Å²) >= 11 is 0. The molecule has 1 unspecified atom stereocenters. The zero-order chi connectivity index (χ0) is 10.9. The molecule has 0 aromatic heterocycles. The molecule has 0 spiro atoms. The Morgan fingerprint density at radius 1 is 1.43 bits per heavy atom. The average molecular weight is 198 g/mol. The molecule has 0 aromatic rings. The van der Waals surface area contributed by atoms with E-state index in [1.165, 1.54) is 0 Å².